The molecule has 0 saturated heterocycles. The Kier molecular flexibility index (Phi) is 4.20. The largest absolute Gasteiger partial charge is 0.417 e. The molecule has 0 aliphatic carbocycles. The van der Waals surface area contributed by atoms with Gasteiger partial charge in [0.25, 0.3) is 0 Å². The van der Waals surface area contributed by atoms with Crippen LogP contribution in [0.15, 0.2) is 46.9 Å². The van der Waals surface area contributed by atoms with Crippen LogP contribution in [-0.2, 0) is 6.18 Å². The van der Waals surface area contributed by atoms with Gasteiger partial charge in [0.2, 0.25) is 0 Å². The molecule has 6 heteroatoms. The van der Waals surface area contributed by atoms with E-state index in [1.807, 2.05) is 0 Å². The minimum absolute atomic E-state index is 0.0760. The summed E-state index contributed by atoms with van der Waals surface area (Å²) in [6, 6.07) is 9.92. The SMILES string of the molecule is O=C(c1ccccc1)c1cc(C(F)(F)F)c(Cl)cc1Br. The van der Waals surface area contributed by atoms with Crippen LogP contribution in [0.1, 0.15) is 21.5 Å². The fourth-order valence-corrected chi connectivity index (χ4v) is 2.61. The van der Waals surface area contributed by atoms with Crippen molar-refractivity contribution in [1.29, 1.82) is 0 Å². The minimum atomic E-state index is -4.61. The highest BCUT2D eigenvalue weighted by Gasteiger charge is 2.34. The predicted octanol–water partition coefficient (Wildman–Crippen LogP) is 5.35. The first-order chi connectivity index (χ1) is 9.30. The average molecular weight is 364 g/mol. The van der Waals surface area contributed by atoms with Crippen LogP contribution in [0.5, 0.6) is 0 Å². The van der Waals surface area contributed by atoms with Crippen molar-refractivity contribution >= 4 is 33.3 Å². The summed E-state index contributed by atoms with van der Waals surface area (Å²) < 4.78 is 38.7. The number of carbonyl (C=O) groups is 1. The molecule has 2 aromatic carbocycles. The maximum atomic E-state index is 12.8. The van der Waals surface area contributed by atoms with E-state index in [-0.39, 0.29) is 10.0 Å². The van der Waals surface area contributed by atoms with E-state index >= 15 is 0 Å². The zero-order chi connectivity index (χ0) is 14.9. The summed E-state index contributed by atoms with van der Waals surface area (Å²) in [6.07, 6.45) is -4.61. The van der Waals surface area contributed by atoms with Gasteiger partial charge in [0.1, 0.15) is 0 Å². The molecule has 0 fully saturated rings. The second-order valence-corrected chi connectivity index (χ2v) is 5.27. The summed E-state index contributed by atoms with van der Waals surface area (Å²) in [5.74, 6) is -0.500. The van der Waals surface area contributed by atoms with Crippen molar-refractivity contribution in [2.45, 2.75) is 6.18 Å². The molecule has 0 saturated carbocycles. The van der Waals surface area contributed by atoms with Gasteiger partial charge in [-0.2, -0.15) is 13.2 Å². The topological polar surface area (TPSA) is 17.1 Å². The monoisotopic (exact) mass is 362 g/mol. The van der Waals surface area contributed by atoms with Gasteiger partial charge in [-0.3, -0.25) is 4.79 Å². The average Bonchev–Trinajstić information content (AvgIpc) is 2.37. The quantitative estimate of drug-likeness (QED) is 0.657. The highest BCUT2D eigenvalue weighted by molar-refractivity contribution is 9.10. The van der Waals surface area contributed by atoms with Crippen LogP contribution < -0.4 is 0 Å². The Hall–Kier alpha value is -1.33. The Balaban J connectivity index is 2.55. The summed E-state index contributed by atoms with van der Waals surface area (Å²) in [7, 11) is 0. The molecule has 0 amide bonds. The third-order valence-electron chi connectivity index (χ3n) is 2.64. The Bertz CT molecular complexity index is 653. The van der Waals surface area contributed by atoms with Gasteiger partial charge in [0.15, 0.2) is 5.78 Å². The zero-order valence-electron chi connectivity index (χ0n) is 9.84. The molecular formula is C14H7BrClF3O. The van der Waals surface area contributed by atoms with Crippen LogP contribution in [-0.4, -0.2) is 5.78 Å². The number of hydrogen-bond donors (Lipinski definition) is 0. The van der Waals surface area contributed by atoms with Gasteiger partial charge in [-0.25, -0.2) is 0 Å². The van der Waals surface area contributed by atoms with Gasteiger partial charge in [0.05, 0.1) is 10.6 Å². The molecule has 0 aliphatic heterocycles. The maximum absolute atomic E-state index is 12.8. The van der Waals surface area contributed by atoms with Gasteiger partial charge in [-0.1, -0.05) is 41.9 Å². The number of rotatable bonds is 2. The van der Waals surface area contributed by atoms with Crippen molar-refractivity contribution in [2.75, 3.05) is 0 Å². The molecule has 0 aliphatic rings. The van der Waals surface area contributed by atoms with Crippen molar-refractivity contribution in [3.63, 3.8) is 0 Å². The van der Waals surface area contributed by atoms with Gasteiger partial charge in [-0.05, 0) is 28.1 Å². The zero-order valence-corrected chi connectivity index (χ0v) is 12.2. The van der Waals surface area contributed by atoms with E-state index in [1.54, 1.807) is 18.2 Å². The van der Waals surface area contributed by atoms with Crippen molar-refractivity contribution in [2.24, 2.45) is 0 Å². The van der Waals surface area contributed by atoms with E-state index in [1.165, 1.54) is 12.1 Å². The minimum Gasteiger partial charge on any atom is -0.289 e. The number of benzene rings is 2. The first-order valence-corrected chi connectivity index (χ1v) is 6.64. The molecule has 20 heavy (non-hydrogen) atoms. The van der Waals surface area contributed by atoms with E-state index < -0.39 is 22.5 Å². The molecular weight excluding hydrogens is 357 g/mol. The fourth-order valence-electron chi connectivity index (χ4n) is 1.69. The highest BCUT2D eigenvalue weighted by atomic mass is 79.9. The highest BCUT2D eigenvalue weighted by Crippen LogP contribution is 2.38. The van der Waals surface area contributed by atoms with Gasteiger partial charge in [0, 0.05) is 15.6 Å². The molecule has 0 aromatic heterocycles. The first-order valence-electron chi connectivity index (χ1n) is 5.46. The van der Waals surface area contributed by atoms with Crippen LogP contribution in [0.4, 0.5) is 13.2 Å². The molecule has 0 spiro atoms. The fraction of sp³-hybridized carbons (Fsp3) is 0.0714. The van der Waals surface area contributed by atoms with Crippen LogP contribution in [0, 0.1) is 0 Å². The van der Waals surface area contributed by atoms with E-state index in [0.29, 0.717) is 5.56 Å². The summed E-state index contributed by atoms with van der Waals surface area (Å²) in [4.78, 5) is 12.2. The first kappa shape index (κ1) is 15.1. The maximum Gasteiger partial charge on any atom is 0.417 e. The smallest absolute Gasteiger partial charge is 0.289 e. The third-order valence-corrected chi connectivity index (χ3v) is 3.61. The van der Waals surface area contributed by atoms with Gasteiger partial charge >= 0.3 is 6.18 Å². The molecule has 2 rings (SSSR count). The van der Waals surface area contributed by atoms with E-state index in [4.69, 9.17) is 11.6 Å². The van der Waals surface area contributed by atoms with E-state index in [0.717, 1.165) is 12.1 Å². The second-order valence-electron chi connectivity index (χ2n) is 4.00. The molecule has 0 bridgehead atoms. The summed E-state index contributed by atoms with van der Waals surface area (Å²) in [5.41, 5.74) is -0.793. The van der Waals surface area contributed by atoms with Crippen molar-refractivity contribution < 1.29 is 18.0 Å². The van der Waals surface area contributed by atoms with Crippen molar-refractivity contribution in [3.8, 4) is 0 Å². The molecule has 0 N–H and O–H groups in total. The van der Waals surface area contributed by atoms with Gasteiger partial charge < -0.3 is 0 Å². The number of halogens is 5. The lowest BCUT2D eigenvalue weighted by Crippen LogP contribution is -2.10. The molecule has 0 unspecified atom stereocenters. The predicted molar refractivity (Wildman–Crippen MR) is 74.0 cm³/mol. The van der Waals surface area contributed by atoms with Crippen LogP contribution in [0.3, 0.4) is 0 Å². The van der Waals surface area contributed by atoms with Crippen molar-refractivity contribution in [3.05, 3.63) is 68.7 Å². The Morgan fingerprint density at radius 3 is 2.25 bits per heavy atom. The standard InChI is InChI=1S/C14H7BrClF3O/c15-11-7-12(16)10(14(17,18)19)6-9(11)13(20)8-4-2-1-3-5-8/h1-7H. The van der Waals surface area contributed by atoms with Crippen LogP contribution in [0.2, 0.25) is 5.02 Å². The number of hydrogen-bond acceptors (Lipinski definition) is 1. The molecule has 104 valence electrons. The summed E-state index contributed by atoms with van der Waals surface area (Å²) in [5, 5.41) is -0.450. The van der Waals surface area contributed by atoms with Crippen molar-refractivity contribution in [1.82, 2.24) is 0 Å². The molecule has 2 aromatic rings. The lowest BCUT2D eigenvalue weighted by atomic mass is 10.0. The lowest BCUT2D eigenvalue weighted by Gasteiger charge is -2.12. The second kappa shape index (κ2) is 5.58. The Labute approximate surface area is 126 Å². The number of ketones is 1. The lowest BCUT2D eigenvalue weighted by molar-refractivity contribution is -0.137. The molecule has 0 heterocycles. The van der Waals surface area contributed by atoms with E-state index in [9.17, 15) is 18.0 Å². The number of alkyl halides is 3. The normalized spacial score (nSPS) is 11.4. The van der Waals surface area contributed by atoms with Crippen LogP contribution in [0.25, 0.3) is 0 Å². The Morgan fingerprint density at radius 2 is 1.70 bits per heavy atom. The van der Waals surface area contributed by atoms with Gasteiger partial charge in [-0.15, -0.1) is 0 Å². The molecule has 1 nitrogen and oxygen atoms in total. The number of carbonyl (C=O) groups excluding carboxylic acids is 1. The Morgan fingerprint density at radius 1 is 1.10 bits per heavy atom. The third kappa shape index (κ3) is 3.04. The molecule has 0 radical (unpaired) electrons. The summed E-state index contributed by atoms with van der Waals surface area (Å²) in [6.45, 7) is 0. The van der Waals surface area contributed by atoms with Crippen LogP contribution >= 0.6 is 27.5 Å². The van der Waals surface area contributed by atoms with E-state index in [2.05, 4.69) is 15.9 Å². The summed E-state index contributed by atoms with van der Waals surface area (Å²) >= 11 is 8.65. The molecule has 0 atom stereocenters.